The molecule has 8 heteroatoms. The summed E-state index contributed by atoms with van der Waals surface area (Å²) < 4.78 is 5.10. The highest BCUT2D eigenvalue weighted by Gasteiger charge is 2.28. The summed E-state index contributed by atoms with van der Waals surface area (Å²) in [7, 11) is 0. The van der Waals surface area contributed by atoms with E-state index in [2.05, 4.69) is 0 Å². The summed E-state index contributed by atoms with van der Waals surface area (Å²) in [5.41, 5.74) is 1.07. The van der Waals surface area contributed by atoms with Gasteiger partial charge in [-0.3, -0.25) is 14.9 Å². The third-order valence-corrected chi connectivity index (χ3v) is 4.05. The number of likely N-dealkylation sites (N-methyl/N-ethyl adjacent to an activating group) is 1. The van der Waals surface area contributed by atoms with Gasteiger partial charge in [-0.15, -0.1) is 0 Å². The number of amides is 1. The molecule has 1 heterocycles. The van der Waals surface area contributed by atoms with E-state index in [1.165, 1.54) is 18.2 Å². The topological polar surface area (TPSA) is 93.0 Å². The zero-order valence-corrected chi connectivity index (χ0v) is 14.1. The molecule has 26 heavy (non-hydrogen) atoms. The van der Waals surface area contributed by atoms with Gasteiger partial charge >= 0.3 is 5.97 Å². The van der Waals surface area contributed by atoms with Gasteiger partial charge in [0, 0.05) is 18.3 Å². The van der Waals surface area contributed by atoms with E-state index in [9.17, 15) is 19.7 Å². The van der Waals surface area contributed by atoms with E-state index in [0.717, 1.165) is 5.69 Å². The minimum atomic E-state index is -0.563. The normalized spacial score (nSPS) is 13.0. The van der Waals surface area contributed by atoms with Crippen molar-refractivity contribution in [2.45, 2.75) is 6.92 Å². The van der Waals surface area contributed by atoms with Gasteiger partial charge in [0.2, 0.25) is 5.91 Å². The molecule has 0 atom stereocenters. The molecule has 0 N–H and O–H groups in total. The molecule has 3 rings (SSSR count). The van der Waals surface area contributed by atoms with Crippen LogP contribution in [0.5, 0.6) is 5.75 Å². The molecule has 0 aromatic heterocycles. The van der Waals surface area contributed by atoms with Gasteiger partial charge in [0.05, 0.1) is 23.2 Å². The summed E-state index contributed by atoms with van der Waals surface area (Å²) >= 11 is 0. The lowest BCUT2D eigenvalue weighted by Gasteiger charge is -2.31. The molecule has 1 aliphatic rings. The minimum Gasteiger partial charge on any atom is -0.423 e. The van der Waals surface area contributed by atoms with E-state index in [0.29, 0.717) is 12.2 Å². The third-order valence-electron chi connectivity index (χ3n) is 4.05. The molecule has 0 saturated carbocycles. The van der Waals surface area contributed by atoms with E-state index < -0.39 is 10.9 Å². The summed E-state index contributed by atoms with van der Waals surface area (Å²) in [6.45, 7) is 2.21. The highest BCUT2D eigenvalue weighted by Crippen LogP contribution is 2.35. The number of fused-ring (bicyclic) bond motifs is 1. The Morgan fingerprint density at radius 3 is 2.65 bits per heavy atom. The fraction of sp³-hybridized carbons (Fsp3) is 0.222. The number of hydrogen-bond donors (Lipinski definition) is 0. The number of rotatable bonds is 5. The lowest BCUT2D eigenvalue weighted by atomic mass is 10.2. The van der Waals surface area contributed by atoms with Crippen LogP contribution in [0.2, 0.25) is 0 Å². The Balaban J connectivity index is 1.85. The van der Waals surface area contributed by atoms with Gasteiger partial charge in [-0.25, -0.2) is 4.79 Å². The first-order chi connectivity index (χ1) is 12.5. The van der Waals surface area contributed by atoms with Crippen LogP contribution in [-0.4, -0.2) is 36.4 Å². The lowest BCUT2D eigenvalue weighted by Crippen LogP contribution is -2.45. The molecule has 0 aliphatic carbocycles. The molecule has 1 aliphatic heterocycles. The van der Waals surface area contributed by atoms with E-state index in [1.54, 1.807) is 9.80 Å². The van der Waals surface area contributed by atoms with Crippen LogP contribution in [0, 0.1) is 10.1 Å². The number of hydrogen-bond acceptors (Lipinski definition) is 6. The van der Waals surface area contributed by atoms with Crippen LogP contribution in [0.3, 0.4) is 0 Å². The first-order valence-electron chi connectivity index (χ1n) is 8.09. The van der Waals surface area contributed by atoms with Crippen LogP contribution in [0.25, 0.3) is 0 Å². The predicted octanol–water partition coefficient (Wildman–Crippen LogP) is 2.37. The zero-order valence-electron chi connectivity index (χ0n) is 14.1. The molecule has 8 nitrogen and oxygen atoms in total. The van der Waals surface area contributed by atoms with Gasteiger partial charge in [-0.2, -0.15) is 0 Å². The Kier molecular flexibility index (Phi) is 4.83. The van der Waals surface area contributed by atoms with Crippen molar-refractivity contribution in [1.29, 1.82) is 0 Å². The molecule has 0 saturated heterocycles. The molecule has 0 radical (unpaired) electrons. The maximum absolute atomic E-state index is 12.8. The van der Waals surface area contributed by atoms with Crippen molar-refractivity contribution in [2.24, 2.45) is 0 Å². The number of esters is 1. The minimum absolute atomic E-state index is 0.0390. The summed E-state index contributed by atoms with van der Waals surface area (Å²) in [6, 6.07) is 13.2. The van der Waals surface area contributed by atoms with E-state index in [4.69, 9.17) is 4.74 Å². The summed E-state index contributed by atoms with van der Waals surface area (Å²) in [6.07, 6.45) is 0. The molecule has 0 bridgehead atoms. The summed E-state index contributed by atoms with van der Waals surface area (Å²) in [5, 5.41) is 10.9. The van der Waals surface area contributed by atoms with Gasteiger partial charge in [0.25, 0.3) is 5.69 Å². The summed E-state index contributed by atoms with van der Waals surface area (Å²) in [4.78, 5) is 38.1. The molecule has 2 aromatic rings. The van der Waals surface area contributed by atoms with Crippen molar-refractivity contribution < 1.29 is 19.2 Å². The van der Waals surface area contributed by atoms with Crippen LogP contribution in [-0.2, 0) is 9.59 Å². The highest BCUT2D eigenvalue weighted by molar-refractivity contribution is 5.98. The number of nitro groups is 1. The number of para-hydroxylation sites is 1. The van der Waals surface area contributed by atoms with E-state index in [-0.39, 0.29) is 30.4 Å². The summed E-state index contributed by atoms with van der Waals surface area (Å²) in [5.74, 6) is -0.655. The van der Waals surface area contributed by atoms with Crippen molar-refractivity contribution in [2.75, 3.05) is 29.4 Å². The number of benzene rings is 2. The molecule has 0 spiro atoms. The number of nitrogens with zero attached hydrogens (tertiary/aromatic N) is 3. The molecule has 2 aromatic carbocycles. The smallest absolute Gasteiger partial charge is 0.331 e. The van der Waals surface area contributed by atoms with Gasteiger partial charge in [0.1, 0.15) is 6.54 Å². The van der Waals surface area contributed by atoms with Gasteiger partial charge in [0.15, 0.2) is 5.75 Å². The first-order valence-corrected chi connectivity index (χ1v) is 8.09. The average molecular weight is 355 g/mol. The molecular formula is C18H17N3O5. The highest BCUT2D eigenvalue weighted by atomic mass is 16.6. The van der Waals surface area contributed by atoms with Crippen molar-refractivity contribution >= 4 is 28.9 Å². The molecule has 134 valence electrons. The Labute approximate surface area is 149 Å². The number of carbonyl (C=O) groups is 2. The second-order valence-electron chi connectivity index (χ2n) is 5.71. The Hall–Kier alpha value is -3.42. The molecule has 1 amide bonds. The van der Waals surface area contributed by atoms with Crippen LogP contribution >= 0.6 is 0 Å². The van der Waals surface area contributed by atoms with Crippen molar-refractivity contribution in [1.82, 2.24) is 0 Å². The van der Waals surface area contributed by atoms with Crippen molar-refractivity contribution in [3.05, 3.63) is 58.6 Å². The third kappa shape index (κ3) is 3.49. The maximum atomic E-state index is 12.8. The largest absolute Gasteiger partial charge is 0.423 e. The van der Waals surface area contributed by atoms with E-state index in [1.807, 2.05) is 37.3 Å². The van der Waals surface area contributed by atoms with Gasteiger partial charge in [-0.1, -0.05) is 18.2 Å². The Morgan fingerprint density at radius 1 is 1.27 bits per heavy atom. The number of carbonyl (C=O) groups excluding carboxylic acids is 2. The van der Waals surface area contributed by atoms with E-state index >= 15 is 0 Å². The second kappa shape index (κ2) is 7.22. The van der Waals surface area contributed by atoms with Gasteiger partial charge < -0.3 is 14.5 Å². The average Bonchev–Trinajstić information content (AvgIpc) is 2.62. The monoisotopic (exact) mass is 355 g/mol. The Bertz CT molecular complexity index is 853. The number of non-ortho nitro benzene ring substituents is 1. The number of nitro benzene ring substituents is 1. The van der Waals surface area contributed by atoms with Crippen LogP contribution < -0.4 is 14.5 Å². The van der Waals surface area contributed by atoms with Crippen molar-refractivity contribution in [3.8, 4) is 5.75 Å². The molecule has 0 fully saturated rings. The van der Waals surface area contributed by atoms with Crippen LogP contribution in [0.15, 0.2) is 48.5 Å². The quantitative estimate of drug-likeness (QED) is 0.354. The molecule has 0 unspecified atom stereocenters. The standard InChI is InChI=1S/C18H17N3O5/c1-2-20(13-6-4-3-5-7-13)17(22)11-19-12-18(23)26-16-10-14(21(24)25)8-9-15(16)19/h3-10H,2,11-12H2,1H3. The van der Waals surface area contributed by atoms with Gasteiger partial charge in [-0.05, 0) is 25.1 Å². The van der Waals surface area contributed by atoms with Crippen LogP contribution in [0.4, 0.5) is 17.1 Å². The zero-order chi connectivity index (χ0) is 18.7. The number of anilines is 2. The lowest BCUT2D eigenvalue weighted by molar-refractivity contribution is -0.384. The van der Waals surface area contributed by atoms with Crippen molar-refractivity contribution in [3.63, 3.8) is 0 Å². The second-order valence-corrected chi connectivity index (χ2v) is 5.71. The molecular weight excluding hydrogens is 338 g/mol. The number of ether oxygens (including phenoxy) is 1. The van der Waals surface area contributed by atoms with Crippen LogP contribution in [0.1, 0.15) is 6.92 Å². The fourth-order valence-electron chi connectivity index (χ4n) is 2.86. The maximum Gasteiger partial charge on any atom is 0.331 e. The Morgan fingerprint density at radius 2 is 2.00 bits per heavy atom. The fourth-order valence-corrected chi connectivity index (χ4v) is 2.86. The SMILES string of the molecule is CCN(C(=O)CN1CC(=O)Oc2cc([N+](=O)[O-])ccc21)c1ccccc1. The first kappa shape index (κ1) is 17.4. The predicted molar refractivity (Wildman–Crippen MR) is 95.4 cm³/mol.